The molecular formula is C22H19N3O4. The van der Waals surface area contributed by atoms with Crippen LogP contribution in [0, 0.1) is 17.0 Å². The van der Waals surface area contributed by atoms with Crippen molar-refractivity contribution in [1.29, 1.82) is 0 Å². The van der Waals surface area contributed by atoms with Crippen LogP contribution in [0.25, 0.3) is 16.9 Å². The lowest BCUT2D eigenvalue weighted by Gasteiger charge is -2.09. The van der Waals surface area contributed by atoms with E-state index in [9.17, 15) is 10.1 Å². The van der Waals surface area contributed by atoms with Crippen molar-refractivity contribution in [3.63, 3.8) is 0 Å². The molecule has 0 saturated heterocycles. The summed E-state index contributed by atoms with van der Waals surface area (Å²) in [6.45, 7) is 2.92. The second-order valence-electron chi connectivity index (χ2n) is 6.57. The number of pyridine rings is 1. The van der Waals surface area contributed by atoms with Crippen LogP contribution in [0.4, 0.5) is 5.69 Å². The van der Waals surface area contributed by atoms with E-state index in [1.807, 2.05) is 55.5 Å². The average molecular weight is 389 g/mol. The predicted octanol–water partition coefficient (Wildman–Crippen LogP) is 4.68. The lowest BCUT2D eigenvalue weighted by Crippen LogP contribution is -2.08. The van der Waals surface area contributed by atoms with Crippen LogP contribution in [0.15, 0.2) is 73.1 Å². The number of hydrogen-bond acceptors (Lipinski definition) is 5. The summed E-state index contributed by atoms with van der Waals surface area (Å²) in [7, 11) is 0. The topological polar surface area (TPSA) is 78.9 Å². The van der Waals surface area contributed by atoms with Crippen molar-refractivity contribution in [2.45, 2.75) is 6.92 Å². The smallest absolute Gasteiger partial charge is 0.286 e. The van der Waals surface area contributed by atoms with Gasteiger partial charge in [0.25, 0.3) is 5.69 Å². The van der Waals surface area contributed by atoms with E-state index in [-0.39, 0.29) is 5.69 Å². The molecular weight excluding hydrogens is 370 g/mol. The molecule has 7 nitrogen and oxygen atoms in total. The number of ether oxygens (including phenoxy) is 2. The molecule has 4 rings (SSSR count). The highest BCUT2D eigenvalue weighted by atomic mass is 16.6. The molecule has 0 amide bonds. The Bertz CT molecular complexity index is 1140. The molecule has 146 valence electrons. The van der Waals surface area contributed by atoms with Crippen molar-refractivity contribution in [1.82, 2.24) is 9.38 Å². The van der Waals surface area contributed by atoms with Gasteiger partial charge in [-0.15, -0.1) is 0 Å². The van der Waals surface area contributed by atoms with E-state index in [2.05, 4.69) is 4.98 Å². The number of nitro groups is 1. The SMILES string of the molecule is Cc1ccc(OCCOc2ccc(-c3cn4cc([N+](=O)[O-])ccc4n3)cc2)cc1. The van der Waals surface area contributed by atoms with Gasteiger partial charge in [-0.25, -0.2) is 4.98 Å². The maximum Gasteiger partial charge on any atom is 0.286 e. The third kappa shape index (κ3) is 4.35. The maximum atomic E-state index is 10.9. The normalized spacial score (nSPS) is 10.8. The number of aryl methyl sites for hydroxylation is 1. The zero-order valence-electron chi connectivity index (χ0n) is 15.8. The maximum absolute atomic E-state index is 10.9. The Hall–Kier alpha value is -3.87. The Balaban J connectivity index is 1.36. The third-order valence-corrected chi connectivity index (χ3v) is 4.44. The molecule has 0 aliphatic carbocycles. The van der Waals surface area contributed by atoms with Crippen LogP contribution in [0.3, 0.4) is 0 Å². The number of imidazole rings is 1. The number of nitrogens with zero attached hydrogens (tertiary/aromatic N) is 3. The largest absolute Gasteiger partial charge is 0.490 e. The minimum atomic E-state index is -0.423. The Morgan fingerprint density at radius 3 is 2.14 bits per heavy atom. The lowest BCUT2D eigenvalue weighted by atomic mass is 10.2. The van der Waals surface area contributed by atoms with Crippen LogP contribution in [-0.4, -0.2) is 27.5 Å². The Labute approximate surface area is 167 Å². The number of aromatic nitrogens is 2. The molecule has 4 aromatic rings. The van der Waals surface area contributed by atoms with Gasteiger partial charge in [0.2, 0.25) is 0 Å². The zero-order valence-corrected chi connectivity index (χ0v) is 15.8. The summed E-state index contributed by atoms with van der Waals surface area (Å²) in [5.74, 6) is 1.56. The second kappa shape index (κ2) is 8.02. The van der Waals surface area contributed by atoms with Crippen LogP contribution >= 0.6 is 0 Å². The van der Waals surface area contributed by atoms with Gasteiger partial charge < -0.3 is 9.47 Å². The molecule has 0 aliphatic rings. The summed E-state index contributed by atoms with van der Waals surface area (Å²) >= 11 is 0. The highest BCUT2D eigenvalue weighted by Crippen LogP contribution is 2.23. The van der Waals surface area contributed by atoms with Gasteiger partial charge >= 0.3 is 0 Å². The van der Waals surface area contributed by atoms with Gasteiger partial charge in [0.15, 0.2) is 0 Å². The van der Waals surface area contributed by atoms with Crippen LogP contribution in [-0.2, 0) is 0 Å². The van der Waals surface area contributed by atoms with Gasteiger partial charge in [-0.3, -0.25) is 14.5 Å². The number of fused-ring (bicyclic) bond motifs is 1. The van der Waals surface area contributed by atoms with Gasteiger partial charge in [-0.1, -0.05) is 17.7 Å². The van der Waals surface area contributed by atoms with Gasteiger partial charge in [-0.05, 0) is 49.4 Å². The molecule has 2 aromatic carbocycles. The van der Waals surface area contributed by atoms with Crippen molar-refractivity contribution in [3.8, 4) is 22.8 Å². The number of rotatable bonds is 7. The molecule has 0 radical (unpaired) electrons. The molecule has 0 fully saturated rings. The van der Waals surface area contributed by atoms with Crippen molar-refractivity contribution in [3.05, 3.63) is 88.7 Å². The molecule has 0 bridgehead atoms. The van der Waals surface area contributed by atoms with Gasteiger partial charge in [-0.2, -0.15) is 0 Å². The van der Waals surface area contributed by atoms with Crippen molar-refractivity contribution < 1.29 is 14.4 Å². The molecule has 0 unspecified atom stereocenters. The van der Waals surface area contributed by atoms with E-state index in [0.717, 1.165) is 22.8 Å². The molecule has 2 heterocycles. The Morgan fingerprint density at radius 2 is 1.52 bits per heavy atom. The number of hydrogen-bond donors (Lipinski definition) is 0. The van der Waals surface area contributed by atoms with E-state index >= 15 is 0 Å². The second-order valence-corrected chi connectivity index (χ2v) is 6.57. The van der Waals surface area contributed by atoms with E-state index in [1.165, 1.54) is 17.8 Å². The zero-order chi connectivity index (χ0) is 20.2. The molecule has 29 heavy (non-hydrogen) atoms. The number of benzene rings is 2. The van der Waals surface area contributed by atoms with Gasteiger partial charge in [0.05, 0.1) is 16.8 Å². The molecule has 0 spiro atoms. The minimum Gasteiger partial charge on any atom is -0.490 e. The van der Waals surface area contributed by atoms with Gasteiger partial charge in [0, 0.05) is 17.8 Å². The summed E-state index contributed by atoms with van der Waals surface area (Å²) in [6.07, 6.45) is 3.23. The first kappa shape index (κ1) is 18.5. The molecule has 0 aliphatic heterocycles. The van der Waals surface area contributed by atoms with Crippen molar-refractivity contribution in [2.75, 3.05) is 13.2 Å². The lowest BCUT2D eigenvalue weighted by molar-refractivity contribution is -0.385. The predicted molar refractivity (Wildman–Crippen MR) is 109 cm³/mol. The fraction of sp³-hybridized carbons (Fsp3) is 0.136. The Morgan fingerprint density at radius 1 is 0.897 bits per heavy atom. The third-order valence-electron chi connectivity index (χ3n) is 4.44. The summed E-state index contributed by atoms with van der Waals surface area (Å²) < 4.78 is 13.0. The minimum absolute atomic E-state index is 0.0260. The van der Waals surface area contributed by atoms with Crippen LogP contribution in [0.2, 0.25) is 0 Å². The van der Waals surface area contributed by atoms with E-state index in [1.54, 1.807) is 16.7 Å². The van der Waals surface area contributed by atoms with E-state index in [0.29, 0.717) is 18.9 Å². The molecule has 0 saturated carbocycles. The highest BCUT2D eigenvalue weighted by molar-refractivity contribution is 5.63. The monoisotopic (exact) mass is 389 g/mol. The molecule has 2 aromatic heterocycles. The first-order valence-electron chi connectivity index (χ1n) is 9.14. The summed E-state index contributed by atoms with van der Waals surface area (Å²) in [4.78, 5) is 15.0. The fourth-order valence-electron chi connectivity index (χ4n) is 2.90. The summed E-state index contributed by atoms with van der Waals surface area (Å²) in [6, 6.07) is 18.5. The van der Waals surface area contributed by atoms with Crippen LogP contribution in [0.1, 0.15) is 5.56 Å². The molecule has 0 atom stereocenters. The van der Waals surface area contributed by atoms with Crippen LogP contribution < -0.4 is 9.47 Å². The first-order chi connectivity index (χ1) is 14.1. The van der Waals surface area contributed by atoms with Crippen LogP contribution in [0.5, 0.6) is 11.5 Å². The summed E-state index contributed by atoms with van der Waals surface area (Å²) in [5, 5.41) is 10.9. The standard InChI is InChI=1S/C22H19N3O4/c1-16-2-7-19(8-3-16)28-12-13-29-20-9-4-17(5-10-20)21-15-24-14-18(25(26)27)6-11-22(24)23-21/h2-11,14-15H,12-13H2,1H3. The highest BCUT2D eigenvalue weighted by Gasteiger charge is 2.09. The van der Waals surface area contributed by atoms with Gasteiger partial charge in [0.1, 0.15) is 30.4 Å². The van der Waals surface area contributed by atoms with Crippen molar-refractivity contribution in [2.24, 2.45) is 0 Å². The van der Waals surface area contributed by atoms with E-state index < -0.39 is 4.92 Å². The first-order valence-corrected chi connectivity index (χ1v) is 9.14. The molecule has 0 N–H and O–H groups in total. The quantitative estimate of drug-likeness (QED) is 0.261. The summed E-state index contributed by atoms with van der Waals surface area (Å²) in [5.41, 5.74) is 3.51. The van der Waals surface area contributed by atoms with E-state index in [4.69, 9.17) is 9.47 Å². The fourth-order valence-corrected chi connectivity index (χ4v) is 2.90. The van der Waals surface area contributed by atoms with Crippen molar-refractivity contribution >= 4 is 11.3 Å². The Kier molecular flexibility index (Phi) is 5.11. The average Bonchev–Trinajstić information content (AvgIpc) is 3.16. The molecule has 7 heteroatoms.